The van der Waals surface area contributed by atoms with Crippen molar-refractivity contribution in [3.63, 3.8) is 0 Å². The van der Waals surface area contributed by atoms with E-state index in [1.54, 1.807) is 19.1 Å². The van der Waals surface area contributed by atoms with Crippen molar-refractivity contribution < 1.29 is 19.1 Å². The predicted molar refractivity (Wildman–Crippen MR) is 89.6 cm³/mol. The van der Waals surface area contributed by atoms with Crippen molar-refractivity contribution in [2.75, 3.05) is 0 Å². The zero-order valence-corrected chi connectivity index (χ0v) is 14.3. The first-order valence-electron chi connectivity index (χ1n) is 7.42. The number of hydrogen-bond donors (Lipinski definition) is 2. The summed E-state index contributed by atoms with van der Waals surface area (Å²) in [5, 5.41) is 12.7. The van der Waals surface area contributed by atoms with Gasteiger partial charge in [0.25, 0.3) is 0 Å². The number of furan rings is 1. The highest BCUT2D eigenvalue weighted by molar-refractivity contribution is 6.42. The zero-order valence-electron chi connectivity index (χ0n) is 12.8. The van der Waals surface area contributed by atoms with Crippen molar-refractivity contribution >= 4 is 35.1 Å². The fraction of sp³-hybridized carbons (Fsp3) is 0.294. The van der Waals surface area contributed by atoms with Gasteiger partial charge in [0.1, 0.15) is 17.1 Å². The van der Waals surface area contributed by atoms with E-state index in [9.17, 15) is 9.59 Å². The Hall–Kier alpha value is -1.98. The molecule has 1 saturated carbocycles. The molecule has 2 N–H and O–H groups in total. The number of carbonyl (C=O) groups is 2. The van der Waals surface area contributed by atoms with E-state index in [2.05, 4.69) is 5.32 Å². The average molecular weight is 368 g/mol. The van der Waals surface area contributed by atoms with Crippen molar-refractivity contribution in [2.45, 2.75) is 25.8 Å². The normalized spacial score (nSPS) is 19.1. The summed E-state index contributed by atoms with van der Waals surface area (Å²) < 4.78 is 5.34. The molecule has 1 aliphatic rings. The van der Waals surface area contributed by atoms with Crippen LogP contribution in [0.25, 0.3) is 0 Å². The van der Waals surface area contributed by atoms with Crippen molar-refractivity contribution in [2.24, 2.45) is 5.92 Å². The van der Waals surface area contributed by atoms with E-state index >= 15 is 0 Å². The van der Waals surface area contributed by atoms with E-state index in [1.807, 2.05) is 6.07 Å². The third-order valence-electron chi connectivity index (χ3n) is 4.14. The van der Waals surface area contributed by atoms with E-state index in [-0.39, 0.29) is 29.9 Å². The molecule has 0 saturated heterocycles. The van der Waals surface area contributed by atoms with Crippen molar-refractivity contribution in [3.8, 4) is 0 Å². The maximum atomic E-state index is 12.2. The molecular formula is C17H15Cl2NO4. The Kier molecular flexibility index (Phi) is 4.56. The number of carboxylic acids is 1. The summed E-state index contributed by atoms with van der Waals surface area (Å²) in [4.78, 5) is 23.2. The van der Waals surface area contributed by atoms with Crippen LogP contribution in [0.3, 0.4) is 0 Å². The summed E-state index contributed by atoms with van der Waals surface area (Å²) >= 11 is 11.9. The molecule has 5 nitrogen and oxygen atoms in total. The number of nitrogens with one attached hydrogen (secondary N) is 1. The largest absolute Gasteiger partial charge is 0.478 e. The minimum Gasteiger partial charge on any atom is -0.478 e. The lowest BCUT2D eigenvalue weighted by atomic mass is 10.1. The maximum Gasteiger partial charge on any atom is 0.339 e. The molecule has 0 spiro atoms. The number of aromatic carboxylic acids is 1. The number of rotatable bonds is 5. The smallest absolute Gasteiger partial charge is 0.339 e. The van der Waals surface area contributed by atoms with Gasteiger partial charge in [0, 0.05) is 5.92 Å². The minimum atomic E-state index is -1.05. The van der Waals surface area contributed by atoms with Crippen LogP contribution in [0.5, 0.6) is 0 Å². The fourth-order valence-electron chi connectivity index (χ4n) is 2.74. The summed E-state index contributed by atoms with van der Waals surface area (Å²) in [7, 11) is 0. The van der Waals surface area contributed by atoms with Gasteiger partial charge in [-0.15, -0.1) is 0 Å². The van der Waals surface area contributed by atoms with Gasteiger partial charge in [-0.25, -0.2) is 4.79 Å². The Morgan fingerprint density at radius 3 is 2.67 bits per heavy atom. The summed E-state index contributed by atoms with van der Waals surface area (Å²) in [6.45, 7) is 1.74. The molecule has 3 rings (SSSR count). The summed E-state index contributed by atoms with van der Waals surface area (Å²) in [5.74, 6) is -0.366. The Labute approximate surface area is 148 Å². The quantitative estimate of drug-likeness (QED) is 0.836. The van der Waals surface area contributed by atoms with E-state index < -0.39 is 5.97 Å². The molecule has 1 aromatic heterocycles. The molecular weight excluding hydrogens is 353 g/mol. The molecule has 2 atom stereocenters. The van der Waals surface area contributed by atoms with Crippen LogP contribution in [0.1, 0.15) is 39.8 Å². The zero-order chi connectivity index (χ0) is 17.4. The van der Waals surface area contributed by atoms with Gasteiger partial charge in [-0.2, -0.15) is 0 Å². The number of hydrogen-bond acceptors (Lipinski definition) is 3. The first kappa shape index (κ1) is 16.9. The Bertz CT molecular complexity index is 815. The molecule has 24 heavy (non-hydrogen) atoms. The van der Waals surface area contributed by atoms with Crippen LogP contribution >= 0.6 is 23.2 Å². The van der Waals surface area contributed by atoms with Crippen LogP contribution in [0.2, 0.25) is 10.0 Å². The van der Waals surface area contributed by atoms with E-state index in [4.69, 9.17) is 32.7 Å². The number of amides is 1. The molecule has 1 aliphatic carbocycles. The molecule has 126 valence electrons. The van der Waals surface area contributed by atoms with Gasteiger partial charge < -0.3 is 14.8 Å². The first-order chi connectivity index (χ1) is 11.4. The van der Waals surface area contributed by atoms with Crippen molar-refractivity contribution in [3.05, 3.63) is 57.0 Å². The molecule has 1 aromatic carbocycles. The number of aryl methyl sites for hydroxylation is 1. The maximum absolute atomic E-state index is 12.2. The van der Waals surface area contributed by atoms with Crippen LogP contribution in [0.15, 0.2) is 28.7 Å². The van der Waals surface area contributed by atoms with Crippen molar-refractivity contribution in [1.29, 1.82) is 0 Å². The average Bonchev–Trinajstić information content (AvgIpc) is 3.24. The second-order valence-corrected chi connectivity index (χ2v) is 6.64. The monoisotopic (exact) mass is 367 g/mol. The van der Waals surface area contributed by atoms with Gasteiger partial charge in [0.2, 0.25) is 5.91 Å². The highest BCUT2D eigenvalue weighted by Crippen LogP contribution is 2.48. The van der Waals surface area contributed by atoms with Crippen LogP contribution in [0.4, 0.5) is 0 Å². The third kappa shape index (κ3) is 3.42. The fourth-order valence-corrected chi connectivity index (χ4v) is 3.05. The lowest BCUT2D eigenvalue weighted by Crippen LogP contribution is -2.24. The van der Waals surface area contributed by atoms with E-state index in [0.717, 1.165) is 12.0 Å². The lowest BCUT2D eigenvalue weighted by molar-refractivity contribution is -0.122. The van der Waals surface area contributed by atoms with Gasteiger partial charge >= 0.3 is 5.97 Å². The van der Waals surface area contributed by atoms with Gasteiger partial charge in [0.15, 0.2) is 0 Å². The van der Waals surface area contributed by atoms with Gasteiger partial charge in [-0.1, -0.05) is 29.3 Å². The summed E-state index contributed by atoms with van der Waals surface area (Å²) in [6.07, 6.45) is 0.751. The second kappa shape index (κ2) is 6.49. The molecule has 2 aromatic rings. The first-order valence-corrected chi connectivity index (χ1v) is 8.17. The summed E-state index contributed by atoms with van der Waals surface area (Å²) in [6, 6.07) is 6.82. The van der Waals surface area contributed by atoms with E-state index in [0.29, 0.717) is 21.6 Å². The molecule has 1 fully saturated rings. The number of carboxylic acid groups (broad SMARTS) is 1. The van der Waals surface area contributed by atoms with Crippen LogP contribution in [-0.2, 0) is 11.3 Å². The Morgan fingerprint density at radius 1 is 1.29 bits per heavy atom. The third-order valence-corrected chi connectivity index (χ3v) is 4.87. The molecule has 2 unspecified atom stereocenters. The van der Waals surface area contributed by atoms with Crippen LogP contribution in [0, 0.1) is 12.8 Å². The number of halogens is 2. The second-order valence-electron chi connectivity index (χ2n) is 5.83. The van der Waals surface area contributed by atoms with Crippen LogP contribution in [-0.4, -0.2) is 17.0 Å². The molecule has 0 radical (unpaired) electrons. The summed E-state index contributed by atoms with van der Waals surface area (Å²) in [5.41, 5.74) is 1.10. The SMILES string of the molecule is Cc1oc(CNC(=O)C2CC2c2ccc(Cl)c(Cl)c2)cc1C(=O)O. The number of carbonyl (C=O) groups excluding carboxylic acids is 1. The topological polar surface area (TPSA) is 79.5 Å². The van der Waals surface area contributed by atoms with Gasteiger partial charge in [-0.05, 0) is 43.0 Å². The Balaban J connectivity index is 1.58. The van der Waals surface area contributed by atoms with Crippen LogP contribution < -0.4 is 5.32 Å². The predicted octanol–water partition coefficient (Wildman–Crippen LogP) is 4.01. The molecule has 0 bridgehead atoms. The molecule has 0 aliphatic heterocycles. The molecule has 7 heteroatoms. The molecule has 1 heterocycles. The van der Waals surface area contributed by atoms with Gasteiger partial charge in [-0.3, -0.25) is 4.79 Å². The van der Waals surface area contributed by atoms with Crippen molar-refractivity contribution in [1.82, 2.24) is 5.32 Å². The Morgan fingerprint density at radius 2 is 2.04 bits per heavy atom. The number of benzene rings is 1. The standard InChI is InChI=1S/C17H15Cl2NO4/c1-8-11(17(22)23)5-10(24-8)7-20-16(21)13-6-12(13)9-2-3-14(18)15(19)4-9/h2-5,12-13H,6-7H2,1H3,(H,20,21)(H,22,23). The molecule has 1 amide bonds. The van der Waals surface area contributed by atoms with E-state index in [1.165, 1.54) is 6.07 Å². The lowest BCUT2D eigenvalue weighted by Gasteiger charge is -2.04. The highest BCUT2D eigenvalue weighted by atomic mass is 35.5. The van der Waals surface area contributed by atoms with Gasteiger partial charge in [0.05, 0.1) is 16.6 Å². The minimum absolute atomic E-state index is 0.0861. The highest BCUT2D eigenvalue weighted by Gasteiger charge is 2.44.